The van der Waals surface area contributed by atoms with E-state index < -0.39 is 5.54 Å². The van der Waals surface area contributed by atoms with Gasteiger partial charge in [0.05, 0.1) is 11.4 Å². The second-order valence-corrected chi connectivity index (χ2v) is 10.7. The van der Waals surface area contributed by atoms with E-state index in [9.17, 15) is 14.4 Å². The summed E-state index contributed by atoms with van der Waals surface area (Å²) >= 11 is 0. The number of para-hydroxylation sites is 1. The van der Waals surface area contributed by atoms with Gasteiger partial charge in [0.1, 0.15) is 0 Å². The van der Waals surface area contributed by atoms with Gasteiger partial charge >= 0.3 is 6.03 Å². The van der Waals surface area contributed by atoms with Gasteiger partial charge in [-0.25, -0.2) is 9.69 Å². The molecule has 3 aromatic rings. The molecule has 0 unspecified atom stereocenters. The maximum atomic E-state index is 13.9. The summed E-state index contributed by atoms with van der Waals surface area (Å²) in [5, 5.41) is 4.14. The van der Waals surface area contributed by atoms with E-state index in [0.717, 1.165) is 41.4 Å². The number of hydrogen-bond donors (Lipinski definition) is 2. The lowest BCUT2D eigenvalue weighted by molar-refractivity contribution is -0.125. The van der Waals surface area contributed by atoms with Crippen molar-refractivity contribution in [2.24, 2.45) is 5.92 Å². The Labute approximate surface area is 211 Å². The number of rotatable bonds is 7. The predicted octanol–water partition coefficient (Wildman–Crippen LogP) is 5.35. The first-order chi connectivity index (χ1) is 17.2. The predicted molar refractivity (Wildman–Crippen MR) is 141 cm³/mol. The SMILES string of the molecule is CC(C)CCC[C@H](C)NC(=O)c1cccc(N2C(=O)N3CCc4c([nH]c5ccccc45)[C@@]3(C)C2=O)c1. The Hall–Kier alpha value is -3.61. The maximum absolute atomic E-state index is 13.9. The standard InChI is InChI=1S/C29H34N4O3/c1-18(2)9-7-10-19(3)30-26(34)20-11-8-12-21(17-20)33-27(35)29(4)25-23(15-16-32(29)28(33)36)22-13-5-6-14-24(22)31-25/h5-6,8,11-14,17-19,31H,7,9-10,15-16H2,1-4H3,(H,30,34)/t19-,29-/m0/s1. The molecule has 0 aliphatic carbocycles. The molecule has 7 nitrogen and oxygen atoms in total. The van der Waals surface area contributed by atoms with Gasteiger partial charge in [-0.15, -0.1) is 0 Å². The van der Waals surface area contributed by atoms with Crippen molar-refractivity contribution in [1.82, 2.24) is 15.2 Å². The average Bonchev–Trinajstić information content (AvgIpc) is 3.32. The highest BCUT2D eigenvalue weighted by Crippen LogP contribution is 2.45. The Morgan fingerprint density at radius 2 is 1.86 bits per heavy atom. The van der Waals surface area contributed by atoms with Crippen LogP contribution in [-0.2, 0) is 16.8 Å². The fourth-order valence-corrected chi connectivity index (χ4v) is 5.62. The van der Waals surface area contributed by atoms with Gasteiger partial charge < -0.3 is 15.2 Å². The first-order valence-electron chi connectivity index (χ1n) is 12.9. The van der Waals surface area contributed by atoms with Crippen molar-refractivity contribution < 1.29 is 14.4 Å². The van der Waals surface area contributed by atoms with Gasteiger partial charge in [-0.3, -0.25) is 9.59 Å². The van der Waals surface area contributed by atoms with Crippen molar-refractivity contribution in [1.29, 1.82) is 0 Å². The number of H-pyrrole nitrogens is 1. The number of carbonyl (C=O) groups is 3. The topological polar surface area (TPSA) is 85.5 Å². The van der Waals surface area contributed by atoms with Crippen LogP contribution in [0, 0.1) is 5.92 Å². The Kier molecular flexibility index (Phi) is 6.10. The highest BCUT2D eigenvalue weighted by molar-refractivity contribution is 6.24. The lowest BCUT2D eigenvalue weighted by Gasteiger charge is -2.35. The Balaban J connectivity index is 1.40. The molecule has 4 amide bonds. The Morgan fingerprint density at radius 3 is 2.64 bits per heavy atom. The minimum atomic E-state index is -1.12. The van der Waals surface area contributed by atoms with Gasteiger partial charge in [-0.2, -0.15) is 0 Å². The number of aromatic nitrogens is 1. The van der Waals surface area contributed by atoms with E-state index in [2.05, 4.69) is 30.2 Å². The van der Waals surface area contributed by atoms with Gasteiger partial charge in [0.25, 0.3) is 11.8 Å². The average molecular weight is 487 g/mol. The molecule has 2 N–H and O–H groups in total. The van der Waals surface area contributed by atoms with Crippen LogP contribution in [0.5, 0.6) is 0 Å². The third-order valence-corrected chi connectivity index (χ3v) is 7.63. The molecule has 0 radical (unpaired) electrons. The van der Waals surface area contributed by atoms with Gasteiger partial charge in [-0.05, 0) is 62.4 Å². The number of carbonyl (C=O) groups excluding carboxylic acids is 3. The highest BCUT2D eigenvalue weighted by atomic mass is 16.2. The number of anilines is 1. The van der Waals surface area contributed by atoms with Gasteiger partial charge in [0.15, 0.2) is 5.54 Å². The van der Waals surface area contributed by atoms with Crippen LogP contribution in [-0.4, -0.2) is 40.3 Å². The molecule has 2 atom stereocenters. The second-order valence-electron chi connectivity index (χ2n) is 10.7. The van der Waals surface area contributed by atoms with Gasteiger partial charge in [0.2, 0.25) is 0 Å². The van der Waals surface area contributed by atoms with Crippen molar-refractivity contribution in [3.05, 3.63) is 65.4 Å². The van der Waals surface area contributed by atoms with Crippen LogP contribution >= 0.6 is 0 Å². The van der Waals surface area contributed by atoms with E-state index in [-0.39, 0.29) is 23.9 Å². The number of aromatic amines is 1. The van der Waals surface area contributed by atoms with E-state index in [1.54, 1.807) is 29.2 Å². The molecule has 0 spiro atoms. The van der Waals surface area contributed by atoms with E-state index in [1.165, 1.54) is 4.90 Å². The summed E-state index contributed by atoms with van der Waals surface area (Å²) in [7, 11) is 0. The molecule has 2 aromatic carbocycles. The Bertz CT molecular complexity index is 1340. The zero-order valence-electron chi connectivity index (χ0n) is 21.4. The van der Waals surface area contributed by atoms with Crippen molar-refractivity contribution in [3.8, 4) is 0 Å². The van der Waals surface area contributed by atoms with E-state index in [4.69, 9.17) is 0 Å². The normalized spacial score (nSPS) is 20.1. The van der Waals surface area contributed by atoms with E-state index >= 15 is 0 Å². The number of amides is 4. The summed E-state index contributed by atoms with van der Waals surface area (Å²) < 4.78 is 0. The van der Waals surface area contributed by atoms with Crippen LogP contribution in [0.15, 0.2) is 48.5 Å². The van der Waals surface area contributed by atoms with Crippen LogP contribution < -0.4 is 10.2 Å². The van der Waals surface area contributed by atoms with E-state index in [0.29, 0.717) is 30.1 Å². The second kappa shape index (κ2) is 9.12. The summed E-state index contributed by atoms with van der Waals surface area (Å²) in [4.78, 5) is 46.7. The molecule has 3 heterocycles. The number of nitrogens with zero attached hydrogens (tertiary/aromatic N) is 2. The van der Waals surface area contributed by atoms with Crippen LogP contribution in [0.4, 0.5) is 10.5 Å². The van der Waals surface area contributed by atoms with Crippen molar-refractivity contribution in [2.45, 2.75) is 65.0 Å². The zero-order valence-corrected chi connectivity index (χ0v) is 21.4. The number of fused-ring (bicyclic) bond motifs is 5. The number of imide groups is 1. The smallest absolute Gasteiger partial charge is 0.332 e. The largest absolute Gasteiger partial charge is 0.356 e. The van der Waals surface area contributed by atoms with Crippen molar-refractivity contribution in [3.63, 3.8) is 0 Å². The summed E-state index contributed by atoms with van der Waals surface area (Å²) in [6.45, 7) is 8.67. The maximum Gasteiger partial charge on any atom is 0.332 e. The van der Waals surface area contributed by atoms with Crippen LogP contribution in [0.25, 0.3) is 10.9 Å². The Morgan fingerprint density at radius 1 is 1.08 bits per heavy atom. The van der Waals surface area contributed by atoms with E-state index in [1.807, 2.05) is 32.0 Å². The zero-order chi connectivity index (χ0) is 25.6. The number of nitrogens with one attached hydrogen (secondary N) is 2. The molecule has 2 aliphatic heterocycles. The molecule has 0 saturated carbocycles. The fourth-order valence-electron chi connectivity index (χ4n) is 5.62. The summed E-state index contributed by atoms with van der Waals surface area (Å²) in [6.07, 6.45) is 3.77. The molecule has 5 rings (SSSR count). The van der Waals surface area contributed by atoms with Crippen LogP contribution in [0.1, 0.15) is 68.6 Å². The van der Waals surface area contributed by atoms with Gasteiger partial charge in [-0.1, -0.05) is 51.0 Å². The van der Waals surface area contributed by atoms with Gasteiger partial charge in [0, 0.05) is 29.1 Å². The molecule has 7 heteroatoms. The molecule has 1 saturated heterocycles. The molecule has 0 bridgehead atoms. The minimum absolute atomic E-state index is 0.0447. The number of benzene rings is 2. The third kappa shape index (κ3) is 3.87. The molecule has 1 fully saturated rings. The highest BCUT2D eigenvalue weighted by Gasteiger charge is 2.59. The first-order valence-corrected chi connectivity index (χ1v) is 12.9. The van der Waals surface area contributed by atoms with Crippen molar-refractivity contribution >= 4 is 34.4 Å². The summed E-state index contributed by atoms with van der Waals surface area (Å²) in [5.74, 6) is 0.135. The molecule has 1 aromatic heterocycles. The fraction of sp³-hybridized carbons (Fsp3) is 0.414. The molecular weight excluding hydrogens is 452 g/mol. The molecule has 36 heavy (non-hydrogen) atoms. The number of urea groups is 1. The van der Waals surface area contributed by atoms with Crippen molar-refractivity contribution in [2.75, 3.05) is 11.4 Å². The summed E-state index contributed by atoms with van der Waals surface area (Å²) in [5.41, 5.74) is 2.56. The monoisotopic (exact) mass is 486 g/mol. The lowest BCUT2D eigenvalue weighted by atomic mass is 9.87. The molecule has 2 aliphatic rings. The van der Waals surface area contributed by atoms with Crippen LogP contribution in [0.3, 0.4) is 0 Å². The number of hydrogen-bond acceptors (Lipinski definition) is 3. The molecule has 188 valence electrons. The minimum Gasteiger partial charge on any atom is -0.356 e. The molecular formula is C29H34N4O3. The lowest BCUT2D eigenvalue weighted by Crippen LogP contribution is -2.49. The van der Waals surface area contributed by atoms with Crippen LogP contribution in [0.2, 0.25) is 0 Å². The summed E-state index contributed by atoms with van der Waals surface area (Å²) in [6, 6.07) is 14.5. The quantitative estimate of drug-likeness (QED) is 0.441. The first kappa shape index (κ1) is 24.1. The third-order valence-electron chi connectivity index (χ3n) is 7.63.